The molecular weight excluding hydrogens is 543 g/mol. The number of thiol groups is 1. The highest BCUT2D eigenvalue weighted by Crippen LogP contribution is 2.09. The largest absolute Gasteiger partial charge is 0.368 e. The molecule has 38 heavy (non-hydrogen) atoms. The Bertz CT molecular complexity index is 996. The maximum Gasteiger partial charge on any atom is 0.276 e. The molecule has 5 atom stereocenters. The van der Waals surface area contributed by atoms with Crippen molar-refractivity contribution in [3.63, 3.8) is 0 Å². The summed E-state index contributed by atoms with van der Waals surface area (Å²) in [5.41, 5.74) is 5.65. The van der Waals surface area contributed by atoms with E-state index in [0.29, 0.717) is 5.69 Å². The van der Waals surface area contributed by atoms with Crippen LogP contribution in [-0.4, -0.2) is 81.6 Å². The molecule has 0 saturated carbocycles. The topological polar surface area (TPSA) is 217 Å². The molecule has 1 aromatic heterocycles. The number of carbonyl (C=O) groups is 6. The molecule has 8 N–H and O–H groups in total. The number of halogens is 1. The van der Waals surface area contributed by atoms with Gasteiger partial charge in [0.1, 0.15) is 24.2 Å². The summed E-state index contributed by atoms with van der Waals surface area (Å²) < 4.78 is 14.0. The third-order valence-corrected chi connectivity index (χ3v) is 5.99. The van der Waals surface area contributed by atoms with E-state index < -0.39 is 71.8 Å². The monoisotopic (exact) mass is 576 g/mol. The molecule has 0 aliphatic carbocycles. The second kappa shape index (κ2) is 15.8. The summed E-state index contributed by atoms with van der Waals surface area (Å²) in [5, 5.41) is 11.3. The lowest BCUT2D eigenvalue weighted by molar-refractivity contribution is -0.136. The number of hydrogen-bond acceptors (Lipinski definition) is 9. The van der Waals surface area contributed by atoms with Crippen LogP contribution >= 0.6 is 22.5 Å². The summed E-state index contributed by atoms with van der Waals surface area (Å²) in [6.07, 6.45) is 0.238. The van der Waals surface area contributed by atoms with Gasteiger partial charge in [0.05, 0.1) is 12.0 Å². The molecule has 0 radical (unpaired) electrons. The van der Waals surface area contributed by atoms with Gasteiger partial charge in [0, 0.05) is 25.3 Å². The van der Waals surface area contributed by atoms with Gasteiger partial charge in [-0.3, -0.25) is 28.8 Å². The number of alkyl halides is 1. The average Bonchev–Trinajstić information content (AvgIpc) is 3.33. The van der Waals surface area contributed by atoms with Gasteiger partial charge in [0.15, 0.2) is 0 Å². The van der Waals surface area contributed by atoms with Crippen LogP contribution < -0.4 is 32.3 Å². The molecule has 0 spiro atoms. The average molecular weight is 577 g/mol. The van der Waals surface area contributed by atoms with Crippen LogP contribution in [0.4, 0.5) is 4.39 Å². The zero-order valence-corrected chi connectivity index (χ0v) is 23.0. The number of hydrogen-bond donors (Lipinski definition) is 8. The van der Waals surface area contributed by atoms with E-state index in [-0.39, 0.29) is 12.2 Å². The maximum absolute atomic E-state index is 14.0. The predicted molar refractivity (Wildman–Crippen MR) is 140 cm³/mol. The van der Waals surface area contributed by atoms with Crippen LogP contribution in [0.3, 0.4) is 0 Å². The molecule has 0 aliphatic rings. The lowest BCUT2D eigenvalue weighted by Crippen LogP contribution is -2.59. The van der Waals surface area contributed by atoms with E-state index >= 15 is 0 Å². The summed E-state index contributed by atoms with van der Waals surface area (Å²) in [6, 6.07) is -4.62. The number of aromatic nitrogens is 2. The molecule has 0 unspecified atom stereocenters. The molecule has 6 amide bonds. The van der Waals surface area contributed by atoms with Crippen LogP contribution in [0.25, 0.3) is 0 Å². The first-order valence-corrected chi connectivity index (χ1v) is 13.5. The molecule has 0 bridgehead atoms. The van der Waals surface area contributed by atoms with E-state index in [1.54, 1.807) is 19.2 Å². The van der Waals surface area contributed by atoms with Gasteiger partial charge in [0.2, 0.25) is 29.5 Å². The summed E-state index contributed by atoms with van der Waals surface area (Å²) in [7, 11) is 1.00. The fraction of sp³-hybridized carbons (Fsp3) is 0.571. The lowest BCUT2D eigenvalue weighted by atomic mass is 10.0. The highest BCUT2D eigenvalue weighted by atomic mass is 33.1. The quantitative estimate of drug-likeness (QED) is 0.0666. The number of primary amides is 1. The van der Waals surface area contributed by atoms with Crippen molar-refractivity contribution >= 4 is 57.9 Å². The molecule has 0 aromatic carbocycles. The molecule has 14 nitrogen and oxygen atoms in total. The van der Waals surface area contributed by atoms with Gasteiger partial charge < -0.3 is 37.3 Å². The number of H-pyrrole nitrogens is 1. The molecule has 1 heterocycles. The van der Waals surface area contributed by atoms with Crippen molar-refractivity contribution in [1.29, 1.82) is 0 Å². The van der Waals surface area contributed by atoms with Crippen LogP contribution in [0.5, 0.6) is 0 Å². The van der Waals surface area contributed by atoms with Crippen molar-refractivity contribution in [2.75, 3.05) is 5.75 Å². The van der Waals surface area contributed by atoms with Crippen LogP contribution in [0, 0.1) is 5.92 Å². The van der Waals surface area contributed by atoms with Gasteiger partial charge in [-0.2, -0.15) is 0 Å². The number of nitrogens with two attached hydrogens (primary N) is 1. The van der Waals surface area contributed by atoms with Gasteiger partial charge in [-0.05, 0) is 12.8 Å². The van der Waals surface area contributed by atoms with Gasteiger partial charge in [-0.1, -0.05) is 24.6 Å². The summed E-state index contributed by atoms with van der Waals surface area (Å²) in [4.78, 5) is 79.8. The molecule has 1 rings (SSSR count). The number of aromatic amines is 1. The van der Waals surface area contributed by atoms with Gasteiger partial charge in [-0.25, -0.2) is 9.37 Å². The van der Waals surface area contributed by atoms with Gasteiger partial charge in [-0.15, -0.1) is 11.7 Å². The fourth-order valence-corrected chi connectivity index (χ4v) is 3.88. The van der Waals surface area contributed by atoms with Crippen molar-refractivity contribution in [3.05, 3.63) is 18.2 Å². The number of nitrogens with one attached hydrogen (secondary N) is 6. The second-order valence-electron chi connectivity index (χ2n) is 8.61. The molecule has 212 valence electrons. The van der Waals surface area contributed by atoms with Crippen LogP contribution in [0.1, 0.15) is 33.4 Å². The first-order chi connectivity index (χ1) is 17.8. The van der Waals surface area contributed by atoms with E-state index in [9.17, 15) is 33.2 Å². The Morgan fingerprint density at radius 2 is 1.61 bits per heavy atom. The smallest absolute Gasteiger partial charge is 0.276 e. The number of rotatable bonds is 15. The van der Waals surface area contributed by atoms with Gasteiger partial charge >= 0.3 is 0 Å². The Balaban J connectivity index is 2.91. The van der Waals surface area contributed by atoms with Gasteiger partial charge in [0.25, 0.3) is 12.2 Å². The van der Waals surface area contributed by atoms with E-state index in [1.807, 2.05) is 0 Å². The fourth-order valence-electron chi connectivity index (χ4n) is 3.03. The van der Waals surface area contributed by atoms with E-state index in [2.05, 4.69) is 42.9 Å². The normalized spacial score (nSPS) is 14.8. The maximum atomic E-state index is 14.0. The van der Waals surface area contributed by atoms with Crippen molar-refractivity contribution in [2.45, 2.75) is 64.6 Å². The minimum absolute atomic E-state index is 0.111. The Kier molecular flexibility index (Phi) is 13.6. The van der Waals surface area contributed by atoms with Crippen molar-refractivity contribution in [3.8, 4) is 0 Å². The third kappa shape index (κ3) is 11.0. The first-order valence-electron chi connectivity index (χ1n) is 11.4. The number of carbonyl (C=O) groups excluding carboxylic acids is 6. The van der Waals surface area contributed by atoms with Crippen molar-refractivity contribution in [1.82, 2.24) is 36.6 Å². The minimum atomic E-state index is -2.40. The first kappa shape index (κ1) is 32.7. The van der Waals surface area contributed by atoms with E-state index in [0.717, 1.165) is 17.7 Å². The summed E-state index contributed by atoms with van der Waals surface area (Å²) in [6.45, 7) is 5.69. The number of nitrogens with zero attached hydrogens (tertiary/aromatic N) is 1. The Morgan fingerprint density at radius 3 is 2.11 bits per heavy atom. The summed E-state index contributed by atoms with van der Waals surface area (Å²) >= 11 is 3.95. The van der Waals surface area contributed by atoms with E-state index in [4.69, 9.17) is 5.73 Å². The molecule has 0 aliphatic heterocycles. The third-order valence-electron chi connectivity index (χ3n) is 5.06. The zero-order valence-electron chi connectivity index (χ0n) is 21.2. The SMILES string of the molecule is CC(=O)N[C@@H](F)C(=O)N[C@@H](Cc1c[nH]cn1)C(=O)N[C@@H](C)C(=O)N[C@H](C(=O)N[C@@H](CSS)C(N)=O)C(C)C. The van der Waals surface area contributed by atoms with Crippen LogP contribution in [0.15, 0.2) is 12.5 Å². The number of imidazole rings is 1. The van der Waals surface area contributed by atoms with Crippen LogP contribution in [-0.2, 0) is 35.2 Å². The highest BCUT2D eigenvalue weighted by Gasteiger charge is 2.32. The molecular formula is C21H33FN8O6S2. The standard InChI is InChI=1S/C21H33FN8O6S2/c1-9(2)15(20(35)29-14(7-38-37)17(23)32)30-18(33)10(3)26-19(34)13(5-12-6-24-8-25-12)28-21(36)16(22)27-11(4)31/h6,8-10,13-16,37H,5,7H2,1-4H3,(H2,23,32)(H,24,25)(H,26,34)(H,27,31)(H,28,36)(H,29,35)(H,30,33)/t10-,13-,14-,15-,16+/m0/s1. The van der Waals surface area contributed by atoms with Crippen LogP contribution in [0.2, 0.25) is 0 Å². The van der Waals surface area contributed by atoms with Crippen molar-refractivity contribution in [2.24, 2.45) is 11.7 Å². The molecule has 0 saturated heterocycles. The Morgan fingerprint density at radius 1 is 0.974 bits per heavy atom. The minimum Gasteiger partial charge on any atom is -0.368 e. The number of amides is 6. The molecule has 0 fully saturated rings. The lowest BCUT2D eigenvalue weighted by Gasteiger charge is -2.26. The molecule has 17 heteroatoms. The second-order valence-corrected chi connectivity index (χ2v) is 9.97. The zero-order chi connectivity index (χ0) is 29.0. The van der Waals surface area contributed by atoms with E-state index in [1.165, 1.54) is 19.4 Å². The van der Waals surface area contributed by atoms with Crippen molar-refractivity contribution < 1.29 is 33.2 Å². The Hall–Kier alpha value is -3.34. The summed E-state index contributed by atoms with van der Waals surface area (Å²) in [5.74, 6) is -5.36. The molecule has 1 aromatic rings. The Labute approximate surface area is 227 Å². The predicted octanol–water partition coefficient (Wildman–Crippen LogP) is -1.94. The highest BCUT2D eigenvalue weighted by molar-refractivity contribution is 8.68.